The molecule has 35 heavy (non-hydrogen) atoms. The monoisotopic (exact) mass is 475 g/mol. The minimum absolute atomic E-state index is 0.0831. The lowest BCUT2D eigenvalue weighted by Crippen LogP contribution is -2.29. The molecule has 1 N–H and O–H groups in total. The van der Waals surface area contributed by atoms with E-state index in [4.69, 9.17) is 9.47 Å². The summed E-state index contributed by atoms with van der Waals surface area (Å²) in [5, 5.41) is 11.2. The molecular weight excluding hydrogens is 449 g/mol. The van der Waals surface area contributed by atoms with Gasteiger partial charge in [-0.3, -0.25) is 14.5 Å². The summed E-state index contributed by atoms with van der Waals surface area (Å²) in [6.07, 6.45) is 0. The number of amides is 1. The van der Waals surface area contributed by atoms with E-state index in [0.29, 0.717) is 35.2 Å². The predicted octanol–water partition coefficient (Wildman–Crippen LogP) is 5.50. The standard InChI is InChI=1S/C28H26FNO5/c1-17(2)16-35-23-13-9-19(10-14-23)26(31)24-25(18-7-11-22(34-3)12-8-18)30(28(33)27(24)32)21-6-4-5-20(29)15-21/h4-15,17,25,31H,16H2,1-3H3/b26-24+. The summed E-state index contributed by atoms with van der Waals surface area (Å²) in [7, 11) is 1.53. The Kier molecular flexibility index (Phi) is 6.87. The number of rotatable bonds is 7. The number of aliphatic hydroxyl groups is 1. The van der Waals surface area contributed by atoms with E-state index < -0.39 is 23.5 Å². The third kappa shape index (κ3) is 4.89. The molecule has 0 radical (unpaired) electrons. The quantitative estimate of drug-likeness (QED) is 0.278. The fourth-order valence-corrected chi connectivity index (χ4v) is 3.95. The van der Waals surface area contributed by atoms with Crippen molar-refractivity contribution in [3.05, 3.63) is 95.3 Å². The minimum atomic E-state index is -0.959. The molecule has 3 aromatic carbocycles. The zero-order valence-corrected chi connectivity index (χ0v) is 19.7. The molecule has 7 heteroatoms. The van der Waals surface area contributed by atoms with Crippen LogP contribution in [0.15, 0.2) is 78.4 Å². The maximum Gasteiger partial charge on any atom is 0.300 e. The normalized spacial score (nSPS) is 17.2. The molecule has 1 aliphatic heterocycles. The fourth-order valence-electron chi connectivity index (χ4n) is 3.95. The van der Waals surface area contributed by atoms with Crippen LogP contribution >= 0.6 is 0 Å². The van der Waals surface area contributed by atoms with Crippen LogP contribution in [0.25, 0.3) is 5.76 Å². The number of methoxy groups -OCH3 is 1. The first kappa shape index (κ1) is 24.0. The van der Waals surface area contributed by atoms with Crippen LogP contribution in [0, 0.1) is 11.7 Å². The first-order chi connectivity index (χ1) is 16.8. The lowest BCUT2D eigenvalue weighted by atomic mass is 9.95. The summed E-state index contributed by atoms with van der Waals surface area (Å²) in [6.45, 7) is 4.62. The number of Topliss-reactive ketones (excluding diaryl/α,β-unsaturated/α-hetero) is 1. The van der Waals surface area contributed by atoms with E-state index in [1.165, 1.54) is 30.2 Å². The number of ketones is 1. The zero-order valence-electron chi connectivity index (χ0n) is 19.7. The summed E-state index contributed by atoms with van der Waals surface area (Å²) in [6, 6.07) is 18.0. The number of halogens is 1. The second kappa shape index (κ2) is 10.0. The molecule has 1 saturated heterocycles. The van der Waals surface area contributed by atoms with Crippen LogP contribution in [0.2, 0.25) is 0 Å². The summed E-state index contributed by atoms with van der Waals surface area (Å²) in [4.78, 5) is 27.5. The highest BCUT2D eigenvalue weighted by Gasteiger charge is 2.47. The third-order valence-electron chi connectivity index (χ3n) is 5.67. The highest BCUT2D eigenvalue weighted by atomic mass is 19.1. The molecule has 3 aromatic rings. The summed E-state index contributed by atoms with van der Waals surface area (Å²) in [5.74, 6) is -1.00. The Bertz CT molecular complexity index is 1270. The van der Waals surface area contributed by atoms with Gasteiger partial charge in [-0.15, -0.1) is 0 Å². The number of hydrogen-bond donors (Lipinski definition) is 1. The first-order valence-corrected chi connectivity index (χ1v) is 11.2. The van der Waals surface area contributed by atoms with Crippen LogP contribution in [0.4, 0.5) is 10.1 Å². The van der Waals surface area contributed by atoms with Gasteiger partial charge in [0.25, 0.3) is 11.7 Å². The molecule has 0 saturated carbocycles. The molecule has 1 amide bonds. The average Bonchev–Trinajstić information content (AvgIpc) is 3.13. The van der Waals surface area contributed by atoms with Gasteiger partial charge in [-0.05, 0) is 66.1 Å². The number of benzene rings is 3. The van der Waals surface area contributed by atoms with Crippen molar-refractivity contribution in [1.82, 2.24) is 0 Å². The molecule has 1 aliphatic rings. The number of aliphatic hydroxyl groups excluding tert-OH is 1. The van der Waals surface area contributed by atoms with Crippen molar-refractivity contribution in [3.8, 4) is 11.5 Å². The van der Waals surface area contributed by atoms with E-state index in [9.17, 15) is 19.1 Å². The van der Waals surface area contributed by atoms with Gasteiger partial charge in [0.2, 0.25) is 0 Å². The summed E-state index contributed by atoms with van der Waals surface area (Å²) in [5.41, 5.74) is 1.05. The Labute approximate surface area is 203 Å². The van der Waals surface area contributed by atoms with Gasteiger partial charge in [-0.25, -0.2) is 4.39 Å². The largest absolute Gasteiger partial charge is 0.507 e. The van der Waals surface area contributed by atoms with E-state index in [2.05, 4.69) is 0 Å². The van der Waals surface area contributed by atoms with Gasteiger partial charge >= 0.3 is 0 Å². The van der Waals surface area contributed by atoms with Crippen LogP contribution in [0.1, 0.15) is 31.0 Å². The van der Waals surface area contributed by atoms with E-state index in [1.54, 1.807) is 54.6 Å². The molecule has 4 rings (SSSR count). The van der Waals surface area contributed by atoms with Gasteiger partial charge in [-0.2, -0.15) is 0 Å². The topological polar surface area (TPSA) is 76.1 Å². The van der Waals surface area contributed by atoms with Gasteiger partial charge in [-0.1, -0.05) is 32.0 Å². The third-order valence-corrected chi connectivity index (χ3v) is 5.67. The van der Waals surface area contributed by atoms with Crippen molar-refractivity contribution in [2.24, 2.45) is 5.92 Å². The van der Waals surface area contributed by atoms with Crippen molar-refractivity contribution in [1.29, 1.82) is 0 Å². The van der Waals surface area contributed by atoms with Crippen molar-refractivity contribution in [3.63, 3.8) is 0 Å². The van der Waals surface area contributed by atoms with Crippen LogP contribution in [0.3, 0.4) is 0 Å². The fraction of sp³-hybridized carbons (Fsp3) is 0.214. The number of nitrogens with zero attached hydrogens (tertiary/aromatic N) is 1. The molecule has 0 bridgehead atoms. The van der Waals surface area contributed by atoms with Gasteiger partial charge in [0.05, 0.1) is 25.3 Å². The van der Waals surface area contributed by atoms with Crippen LogP contribution in [0.5, 0.6) is 11.5 Å². The van der Waals surface area contributed by atoms with E-state index >= 15 is 0 Å². The second-order valence-corrected chi connectivity index (χ2v) is 8.65. The molecule has 6 nitrogen and oxygen atoms in total. The van der Waals surface area contributed by atoms with Crippen molar-refractivity contribution < 1.29 is 28.6 Å². The smallest absolute Gasteiger partial charge is 0.300 e. The molecule has 1 fully saturated rings. The highest BCUT2D eigenvalue weighted by Crippen LogP contribution is 2.42. The highest BCUT2D eigenvalue weighted by molar-refractivity contribution is 6.51. The van der Waals surface area contributed by atoms with Crippen LogP contribution < -0.4 is 14.4 Å². The zero-order chi connectivity index (χ0) is 25.1. The van der Waals surface area contributed by atoms with Crippen LogP contribution in [-0.2, 0) is 9.59 Å². The Hall–Kier alpha value is -4.13. The van der Waals surface area contributed by atoms with E-state index in [1.807, 2.05) is 13.8 Å². The Morgan fingerprint density at radius 1 is 1.00 bits per heavy atom. The SMILES string of the molecule is COc1ccc(C2/C(=C(\O)c3ccc(OCC(C)C)cc3)C(=O)C(=O)N2c2cccc(F)c2)cc1. The number of hydrogen-bond acceptors (Lipinski definition) is 5. The van der Waals surface area contributed by atoms with Crippen molar-refractivity contribution in [2.75, 3.05) is 18.6 Å². The lowest BCUT2D eigenvalue weighted by molar-refractivity contribution is -0.132. The maximum absolute atomic E-state index is 14.0. The number of carbonyl (C=O) groups is 2. The summed E-state index contributed by atoms with van der Waals surface area (Å²) < 4.78 is 24.9. The molecule has 0 aliphatic carbocycles. The Morgan fingerprint density at radius 2 is 1.66 bits per heavy atom. The van der Waals surface area contributed by atoms with Crippen LogP contribution in [-0.4, -0.2) is 30.5 Å². The summed E-state index contributed by atoms with van der Waals surface area (Å²) >= 11 is 0. The molecule has 1 unspecified atom stereocenters. The molecule has 180 valence electrons. The van der Waals surface area contributed by atoms with Gasteiger partial charge in [0.1, 0.15) is 23.1 Å². The van der Waals surface area contributed by atoms with Gasteiger partial charge in [0.15, 0.2) is 0 Å². The second-order valence-electron chi connectivity index (χ2n) is 8.65. The Morgan fingerprint density at radius 3 is 2.26 bits per heavy atom. The van der Waals surface area contributed by atoms with Crippen molar-refractivity contribution in [2.45, 2.75) is 19.9 Å². The molecular formula is C28H26FNO5. The lowest BCUT2D eigenvalue weighted by Gasteiger charge is -2.25. The first-order valence-electron chi connectivity index (χ1n) is 11.2. The molecule has 1 atom stereocenters. The number of ether oxygens (including phenoxy) is 2. The molecule has 0 aromatic heterocycles. The van der Waals surface area contributed by atoms with E-state index in [-0.39, 0.29) is 17.0 Å². The Balaban J connectivity index is 1.82. The molecule has 0 spiro atoms. The number of carbonyl (C=O) groups excluding carboxylic acids is 2. The molecule has 1 heterocycles. The predicted molar refractivity (Wildman–Crippen MR) is 131 cm³/mol. The number of anilines is 1. The van der Waals surface area contributed by atoms with E-state index in [0.717, 1.165) is 0 Å². The van der Waals surface area contributed by atoms with Crippen molar-refractivity contribution >= 4 is 23.1 Å². The minimum Gasteiger partial charge on any atom is -0.507 e. The average molecular weight is 476 g/mol. The van der Waals surface area contributed by atoms with Gasteiger partial charge < -0.3 is 14.6 Å². The van der Waals surface area contributed by atoms with Gasteiger partial charge in [0, 0.05) is 11.3 Å². The maximum atomic E-state index is 14.0.